The Balaban J connectivity index is 1.82. The summed E-state index contributed by atoms with van der Waals surface area (Å²) in [5, 5.41) is 16.0. The fourth-order valence-corrected chi connectivity index (χ4v) is 5.91. The normalized spacial score (nSPS) is 13.8. The standard InChI is InChI=1S/C38H53ClN10O5/c1-6-23(4)32(37(54)45-29(33(40)50)20-25-12-8-7-9-13-25)47-35(52)30(18-22(2)3)46-34(51)28(16-11-17-43-38(41)42)44-36(53)31-19-24(5)49(48-31)27-15-10-14-26(39)21-27/h7-10,12-15,19,21-23,28-30,32H,6,11,16-18,20H2,1-5H3,(H2,40,50)(H,44,53)(H,45,54)(H,46,51)(H,47,52)(H4,41,42,43)/t23-,28-,29-,30-,32-/m0/s1. The number of carbonyl (C=O) groups is 5. The number of carbonyl (C=O) groups excluding carboxylic acids is 5. The molecule has 0 bridgehead atoms. The largest absolute Gasteiger partial charge is 0.370 e. The van der Waals surface area contributed by atoms with Gasteiger partial charge in [-0.2, -0.15) is 5.10 Å². The topological polar surface area (TPSA) is 242 Å². The minimum absolute atomic E-state index is 0.0459. The summed E-state index contributed by atoms with van der Waals surface area (Å²) in [4.78, 5) is 71.3. The number of nitrogens with zero attached hydrogens (tertiary/aromatic N) is 3. The first-order valence-corrected chi connectivity index (χ1v) is 18.4. The van der Waals surface area contributed by atoms with Gasteiger partial charge in [-0.1, -0.05) is 82.1 Å². The van der Waals surface area contributed by atoms with Crippen LogP contribution in [0.2, 0.25) is 5.02 Å². The van der Waals surface area contributed by atoms with Gasteiger partial charge in [-0.3, -0.25) is 29.0 Å². The van der Waals surface area contributed by atoms with E-state index < -0.39 is 53.7 Å². The highest BCUT2D eigenvalue weighted by molar-refractivity contribution is 6.30. The van der Waals surface area contributed by atoms with E-state index in [1.165, 1.54) is 0 Å². The molecule has 0 saturated heterocycles. The van der Waals surface area contributed by atoms with Gasteiger partial charge in [0.2, 0.25) is 23.6 Å². The van der Waals surface area contributed by atoms with Crippen molar-refractivity contribution in [2.45, 2.75) is 90.9 Å². The van der Waals surface area contributed by atoms with Crippen molar-refractivity contribution in [3.05, 3.63) is 82.6 Å². The molecule has 54 heavy (non-hydrogen) atoms. The van der Waals surface area contributed by atoms with Gasteiger partial charge in [-0.15, -0.1) is 0 Å². The molecule has 5 atom stereocenters. The maximum atomic E-state index is 13.9. The van der Waals surface area contributed by atoms with Crippen molar-refractivity contribution in [2.24, 2.45) is 34.0 Å². The highest BCUT2D eigenvalue weighted by Crippen LogP contribution is 2.18. The van der Waals surface area contributed by atoms with Crippen molar-refractivity contribution in [2.75, 3.05) is 6.54 Å². The van der Waals surface area contributed by atoms with Gasteiger partial charge in [-0.25, -0.2) is 4.68 Å². The van der Waals surface area contributed by atoms with E-state index in [2.05, 4.69) is 31.4 Å². The van der Waals surface area contributed by atoms with Crippen molar-refractivity contribution >= 4 is 47.1 Å². The number of amides is 5. The van der Waals surface area contributed by atoms with Crippen LogP contribution in [0.1, 0.15) is 75.1 Å². The van der Waals surface area contributed by atoms with Gasteiger partial charge in [0.05, 0.1) is 5.69 Å². The van der Waals surface area contributed by atoms with Crippen molar-refractivity contribution in [3.63, 3.8) is 0 Å². The van der Waals surface area contributed by atoms with Crippen LogP contribution in [-0.4, -0.2) is 76.0 Å². The molecule has 1 heterocycles. The van der Waals surface area contributed by atoms with Crippen molar-refractivity contribution in [1.29, 1.82) is 0 Å². The molecule has 292 valence electrons. The number of hydrogen-bond donors (Lipinski definition) is 7. The summed E-state index contributed by atoms with van der Waals surface area (Å²) in [6.07, 6.45) is 1.38. The summed E-state index contributed by atoms with van der Waals surface area (Å²) in [6.45, 7) is 9.43. The summed E-state index contributed by atoms with van der Waals surface area (Å²) in [5.41, 5.74) is 18.8. The number of nitrogens with one attached hydrogen (secondary N) is 4. The molecular weight excluding hydrogens is 712 g/mol. The Bertz CT molecular complexity index is 1780. The number of aliphatic imine (C=N–C) groups is 1. The van der Waals surface area contributed by atoms with Crippen LogP contribution in [0.4, 0.5) is 0 Å². The molecule has 5 amide bonds. The Morgan fingerprint density at radius 3 is 2.11 bits per heavy atom. The highest BCUT2D eigenvalue weighted by atomic mass is 35.5. The second-order valence-electron chi connectivity index (χ2n) is 13.8. The maximum absolute atomic E-state index is 13.9. The van der Waals surface area contributed by atoms with Gasteiger partial charge in [-0.05, 0) is 67.9 Å². The smallest absolute Gasteiger partial charge is 0.272 e. The van der Waals surface area contributed by atoms with Crippen molar-refractivity contribution in [3.8, 4) is 5.69 Å². The number of primary amides is 1. The Labute approximate surface area is 321 Å². The number of rotatable bonds is 20. The third-order valence-electron chi connectivity index (χ3n) is 8.82. The van der Waals surface area contributed by atoms with Crippen LogP contribution >= 0.6 is 11.6 Å². The average Bonchev–Trinajstić information content (AvgIpc) is 3.52. The molecule has 15 nitrogen and oxygen atoms in total. The molecule has 0 saturated carbocycles. The third-order valence-corrected chi connectivity index (χ3v) is 9.05. The van der Waals surface area contributed by atoms with Crippen molar-refractivity contribution in [1.82, 2.24) is 31.0 Å². The van der Waals surface area contributed by atoms with E-state index in [0.717, 1.165) is 5.56 Å². The predicted molar refractivity (Wildman–Crippen MR) is 209 cm³/mol. The molecule has 0 unspecified atom stereocenters. The lowest BCUT2D eigenvalue weighted by Crippen LogP contribution is -2.59. The minimum Gasteiger partial charge on any atom is -0.370 e. The minimum atomic E-state index is -1.10. The quantitative estimate of drug-likeness (QED) is 0.0510. The second-order valence-corrected chi connectivity index (χ2v) is 14.2. The van der Waals surface area contributed by atoms with Crippen LogP contribution in [-0.2, 0) is 25.6 Å². The molecule has 0 fully saturated rings. The van der Waals surface area contributed by atoms with Crippen LogP contribution < -0.4 is 38.5 Å². The van der Waals surface area contributed by atoms with Crippen LogP contribution in [0.5, 0.6) is 0 Å². The average molecular weight is 765 g/mol. The zero-order chi connectivity index (χ0) is 39.9. The van der Waals surface area contributed by atoms with E-state index >= 15 is 0 Å². The van der Waals surface area contributed by atoms with E-state index in [-0.39, 0.29) is 49.3 Å². The van der Waals surface area contributed by atoms with Crippen LogP contribution in [0.15, 0.2) is 65.7 Å². The molecule has 10 N–H and O–H groups in total. The molecule has 3 rings (SSSR count). The molecule has 0 aliphatic heterocycles. The van der Waals surface area contributed by atoms with E-state index in [1.807, 2.05) is 51.1 Å². The number of guanidine groups is 1. The van der Waals surface area contributed by atoms with Gasteiger partial charge < -0.3 is 38.5 Å². The Morgan fingerprint density at radius 2 is 1.50 bits per heavy atom. The summed E-state index contributed by atoms with van der Waals surface area (Å²) >= 11 is 6.16. The van der Waals surface area contributed by atoms with Crippen LogP contribution in [0.25, 0.3) is 5.69 Å². The molecule has 0 spiro atoms. The first-order chi connectivity index (χ1) is 25.6. The summed E-state index contributed by atoms with van der Waals surface area (Å²) in [6, 6.07) is 13.5. The molecule has 0 radical (unpaired) electrons. The van der Waals surface area contributed by atoms with Gasteiger partial charge in [0.15, 0.2) is 11.7 Å². The molecule has 2 aromatic carbocycles. The summed E-state index contributed by atoms with van der Waals surface area (Å²) < 4.78 is 1.56. The fraction of sp³-hybridized carbons (Fsp3) is 0.447. The maximum Gasteiger partial charge on any atom is 0.272 e. The number of hydrogen-bond acceptors (Lipinski definition) is 7. The zero-order valence-electron chi connectivity index (χ0n) is 31.5. The third kappa shape index (κ3) is 13.2. The molecule has 1 aromatic heterocycles. The molecule has 0 aliphatic rings. The van der Waals surface area contributed by atoms with E-state index in [9.17, 15) is 24.0 Å². The first kappa shape index (κ1) is 43.0. The zero-order valence-corrected chi connectivity index (χ0v) is 32.2. The number of halogens is 1. The summed E-state index contributed by atoms with van der Waals surface area (Å²) in [7, 11) is 0. The van der Waals surface area contributed by atoms with E-state index in [1.54, 1.807) is 48.9 Å². The fourth-order valence-electron chi connectivity index (χ4n) is 5.72. The monoisotopic (exact) mass is 764 g/mol. The van der Waals surface area contributed by atoms with E-state index in [0.29, 0.717) is 29.2 Å². The number of aryl methyl sites for hydroxylation is 1. The lowest BCUT2D eigenvalue weighted by atomic mass is 9.95. The lowest BCUT2D eigenvalue weighted by molar-refractivity contribution is -0.134. The van der Waals surface area contributed by atoms with Gasteiger partial charge in [0, 0.05) is 23.7 Å². The van der Waals surface area contributed by atoms with Gasteiger partial charge in [0.1, 0.15) is 24.2 Å². The molecule has 0 aliphatic carbocycles. The predicted octanol–water partition coefficient (Wildman–Crippen LogP) is 2.26. The molecular formula is C38H53ClN10O5. The number of nitrogens with two attached hydrogens (primary N) is 3. The Kier molecular flexibility index (Phi) is 16.5. The van der Waals surface area contributed by atoms with Gasteiger partial charge in [0.25, 0.3) is 5.91 Å². The Morgan fingerprint density at radius 1 is 0.833 bits per heavy atom. The lowest BCUT2D eigenvalue weighted by Gasteiger charge is -2.29. The van der Waals surface area contributed by atoms with Crippen LogP contribution in [0.3, 0.4) is 0 Å². The molecule has 3 aromatic rings. The first-order valence-electron chi connectivity index (χ1n) is 18.0. The SMILES string of the molecule is CC[C@H](C)[C@H](NC(=O)[C@H](CC(C)C)NC(=O)[C@H](CCCN=C(N)N)NC(=O)c1cc(C)n(-c2cccc(Cl)c2)n1)C(=O)N[C@@H](Cc1ccccc1)C(N)=O. The summed E-state index contributed by atoms with van der Waals surface area (Å²) in [5.74, 6) is -3.63. The number of aromatic nitrogens is 2. The second kappa shape index (κ2) is 20.7. The van der Waals surface area contributed by atoms with E-state index in [4.69, 9.17) is 28.8 Å². The Hall–Kier alpha value is -5.44. The van der Waals surface area contributed by atoms with Crippen LogP contribution in [0, 0.1) is 18.8 Å². The van der Waals surface area contributed by atoms with Gasteiger partial charge >= 0.3 is 0 Å². The molecule has 16 heteroatoms. The number of benzene rings is 2. The highest BCUT2D eigenvalue weighted by Gasteiger charge is 2.33. The van der Waals surface area contributed by atoms with Crippen molar-refractivity contribution < 1.29 is 24.0 Å².